The van der Waals surface area contributed by atoms with Crippen LogP contribution in [0, 0.1) is 11.6 Å². The maximum Gasteiger partial charge on any atom is 0.338 e. The lowest BCUT2D eigenvalue weighted by atomic mass is 10.1. The lowest BCUT2D eigenvalue weighted by Gasteiger charge is -2.14. The number of Topliss-reactive ketones (excluding diaryl/α,β-unsaturated/α-hetero) is 1. The van der Waals surface area contributed by atoms with E-state index in [1.54, 1.807) is 18.2 Å². The summed E-state index contributed by atoms with van der Waals surface area (Å²) in [4.78, 5) is 35.7. The van der Waals surface area contributed by atoms with Gasteiger partial charge in [-0.3, -0.25) is 14.3 Å². The number of nitrogens with one attached hydrogen (secondary N) is 2. The van der Waals surface area contributed by atoms with E-state index in [-0.39, 0.29) is 17.0 Å². The molecule has 0 saturated heterocycles. The Bertz CT molecular complexity index is 1390. The second-order valence-electron chi connectivity index (χ2n) is 7.43. The van der Waals surface area contributed by atoms with Gasteiger partial charge < -0.3 is 10.1 Å². The van der Waals surface area contributed by atoms with Crippen LogP contribution in [0.1, 0.15) is 34.6 Å². The van der Waals surface area contributed by atoms with Crippen LogP contribution in [0.15, 0.2) is 71.6 Å². The molecule has 11 heteroatoms. The number of rotatable bonds is 8. The van der Waals surface area contributed by atoms with Gasteiger partial charge in [0.15, 0.2) is 23.5 Å². The number of sulfonamides is 1. The predicted octanol–water partition coefficient (Wildman–Crippen LogP) is 4.15. The minimum Gasteiger partial charge on any atom is -0.449 e. The van der Waals surface area contributed by atoms with Gasteiger partial charge in [-0.15, -0.1) is 0 Å². The molecule has 8 nitrogen and oxygen atoms in total. The number of hydrogen-bond donors (Lipinski definition) is 2. The number of benzene rings is 3. The van der Waals surface area contributed by atoms with Gasteiger partial charge in [-0.1, -0.05) is 12.1 Å². The summed E-state index contributed by atoms with van der Waals surface area (Å²) in [6.45, 7) is 2.76. The van der Waals surface area contributed by atoms with Crippen molar-refractivity contribution in [3.05, 3.63) is 89.5 Å². The molecule has 0 bridgehead atoms. The minimum atomic E-state index is -4.20. The van der Waals surface area contributed by atoms with Crippen molar-refractivity contribution in [2.75, 3.05) is 10.0 Å². The highest BCUT2D eigenvalue weighted by atomic mass is 32.2. The third-order valence-corrected chi connectivity index (χ3v) is 6.14. The van der Waals surface area contributed by atoms with Crippen LogP contribution in [0.3, 0.4) is 0 Å². The van der Waals surface area contributed by atoms with Crippen molar-refractivity contribution >= 4 is 39.1 Å². The Balaban J connectivity index is 1.62. The Morgan fingerprint density at radius 1 is 0.857 bits per heavy atom. The fourth-order valence-electron chi connectivity index (χ4n) is 2.87. The molecule has 3 rings (SSSR count). The summed E-state index contributed by atoms with van der Waals surface area (Å²) in [5, 5.41) is 2.56. The van der Waals surface area contributed by atoms with E-state index in [2.05, 4.69) is 10.0 Å². The van der Waals surface area contributed by atoms with Crippen LogP contribution in [-0.2, 0) is 19.6 Å². The maximum atomic E-state index is 13.4. The summed E-state index contributed by atoms with van der Waals surface area (Å²) in [6, 6.07) is 13.5. The highest BCUT2D eigenvalue weighted by Crippen LogP contribution is 2.19. The van der Waals surface area contributed by atoms with Gasteiger partial charge in [0.2, 0.25) is 0 Å². The number of carbonyl (C=O) groups is 3. The topological polar surface area (TPSA) is 119 Å². The Kier molecular flexibility index (Phi) is 7.60. The van der Waals surface area contributed by atoms with Gasteiger partial charge in [-0.05, 0) is 68.4 Å². The zero-order valence-corrected chi connectivity index (χ0v) is 19.4. The van der Waals surface area contributed by atoms with Crippen LogP contribution in [-0.4, -0.2) is 32.2 Å². The van der Waals surface area contributed by atoms with Crippen molar-refractivity contribution in [3.63, 3.8) is 0 Å². The van der Waals surface area contributed by atoms with E-state index in [0.717, 1.165) is 6.07 Å². The Hall–Kier alpha value is -4.12. The second kappa shape index (κ2) is 10.4. The van der Waals surface area contributed by atoms with E-state index >= 15 is 0 Å². The molecular weight excluding hydrogens is 482 g/mol. The smallest absolute Gasteiger partial charge is 0.338 e. The third-order valence-electron chi connectivity index (χ3n) is 4.76. The maximum absolute atomic E-state index is 13.4. The molecule has 3 aromatic rings. The molecule has 1 atom stereocenters. The number of ether oxygens (including phenoxy) is 1. The SMILES string of the molecule is CC(=O)c1cccc(NC(=O)[C@@H](C)OC(=O)c2ccc(NS(=O)(=O)c3ccc(F)c(F)c3)cc2)c1. The molecule has 0 radical (unpaired) electrons. The van der Waals surface area contributed by atoms with Gasteiger partial charge in [0.1, 0.15) is 0 Å². The quantitative estimate of drug-likeness (QED) is 0.353. The lowest BCUT2D eigenvalue weighted by Crippen LogP contribution is -2.30. The molecule has 0 aliphatic heterocycles. The van der Waals surface area contributed by atoms with E-state index in [0.29, 0.717) is 23.4 Å². The Morgan fingerprint density at radius 2 is 1.54 bits per heavy atom. The molecule has 0 saturated carbocycles. The summed E-state index contributed by atoms with van der Waals surface area (Å²) in [6.07, 6.45) is -1.17. The standard InChI is InChI=1S/C24H20F2N2O6S/c1-14(29)17-4-3-5-19(12-17)27-23(30)15(2)34-24(31)16-6-8-18(9-7-16)28-35(32,33)20-10-11-21(25)22(26)13-20/h3-13,15,28H,1-2H3,(H,27,30)/t15-/m1/s1. The zero-order chi connectivity index (χ0) is 25.8. The molecule has 0 fully saturated rings. The van der Waals surface area contributed by atoms with Crippen LogP contribution in [0.4, 0.5) is 20.2 Å². The molecule has 0 heterocycles. The summed E-state index contributed by atoms with van der Waals surface area (Å²) in [7, 11) is -4.20. The first-order chi connectivity index (χ1) is 16.5. The van der Waals surface area contributed by atoms with Crippen LogP contribution in [0.5, 0.6) is 0 Å². The van der Waals surface area contributed by atoms with E-state index < -0.39 is 44.5 Å². The van der Waals surface area contributed by atoms with Crippen molar-refractivity contribution < 1.29 is 36.3 Å². The predicted molar refractivity (Wildman–Crippen MR) is 124 cm³/mol. The summed E-state index contributed by atoms with van der Waals surface area (Å²) in [5.74, 6) is -4.11. The van der Waals surface area contributed by atoms with E-state index in [1.807, 2.05) is 0 Å². The number of esters is 1. The zero-order valence-electron chi connectivity index (χ0n) is 18.5. The highest BCUT2D eigenvalue weighted by Gasteiger charge is 2.20. The molecule has 1 amide bonds. The number of anilines is 2. The van der Waals surface area contributed by atoms with Crippen LogP contribution in [0.25, 0.3) is 0 Å². The molecule has 0 aliphatic carbocycles. The van der Waals surface area contributed by atoms with Gasteiger partial charge in [-0.25, -0.2) is 22.0 Å². The molecule has 35 heavy (non-hydrogen) atoms. The number of amides is 1. The monoisotopic (exact) mass is 502 g/mol. The third kappa shape index (κ3) is 6.48. The first-order valence-electron chi connectivity index (χ1n) is 10.2. The van der Waals surface area contributed by atoms with Crippen molar-refractivity contribution in [2.45, 2.75) is 24.8 Å². The van der Waals surface area contributed by atoms with E-state index in [4.69, 9.17) is 4.74 Å². The average molecular weight is 502 g/mol. The average Bonchev–Trinajstić information content (AvgIpc) is 2.81. The molecule has 182 valence electrons. The molecular formula is C24H20F2N2O6S. The largest absolute Gasteiger partial charge is 0.449 e. The van der Waals surface area contributed by atoms with Gasteiger partial charge in [-0.2, -0.15) is 0 Å². The molecule has 0 aliphatic rings. The number of carbonyl (C=O) groups excluding carboxylic acids is 3. The summed E-state index contributed by atoms with van der Waals surface area (Å²) in [5.41, 5.74) is 0.873. The number of ketones is 1. The molecule has 0 aromatic heterocycles. The van der Waals surface area contributed by atoms with Gasteiger partial charge in [0.05, 0.1) is 10.5 Å². The highest BCUT2D eigenvalue weighted by molar-refractivity contribution is 7.92. The number of halogens is 2. The summed E-state index contributed by atoms with van der Waals surface area (Å²) >= 11 is 0. The van der Waals surface area contributed by atoms with Crippen LogP contribution < -0.4 is 10.0 Å². The summed E-state index contributed by atoms with van der Waals surface area (Å²) < 4.78 is 58.5. The van der Waals surface area contributed by atoms with Gasteiger partial charge >= 0.3 is 5.97 Å². The second-order valence-corrected chi connectivity index (χ2v) is 9.11. The normalized spacial score (nSPS) is 11.9. The molecule has 3 aromatic carbocycles. The van der Waals surface area contributed by atoms with E-state index in [9.17, 15) is 31.6 Å². The van der Waals surface area contributed by atoms with Gasteiger partial charge in [0.25, 0.3) is 15.9 Å². The fraction of sp³-hybridized carbons (Fsp3) is 0.125. The van der Waals surface area contributed by atoms with Crippen molar-refractivity contribution in [1.29, 1.82) is 0 Å². The fourth-order valence-corrected chi connectivity index (χ4v) is 3.94. The molecule has 2 N–H and O–H groups in total. The Labute approximate surface area is 200 Å². The molecule has 0 unspecified atom stereocenters. The van der Waals surface area contributed by atoms with Crippen molar-refractivity contribution in [2.24, 2.45) is 0 Å². The minimum absolute atomic E-state index is 0.0407. The van der Waals surface area contributed by atoms with Gasteiger partial charge in [0, 0.05) is 16.9 Å². The Morgan fingerprint density at radius 3 is 2.17 bits per heavy atom. The van der Waals surface area contributed by atoms with Crippen LogP contribution >= 0.6 is 0 Å². The molecule has 0 spiro atoms. The first kappa shape index (κ1) is 25.5. The van der Waals surface area contributed by atoms with Crippen molar-refractivity contribution in [1.82, 2.24) is 0 Å². The lowest BCUT2D eigenvalue weighted by molar-refractivity contribution is -0.123. The van der Waals surface area contributed by atoms with Crippen LogP contribution in [0.2, 0.25) is 0 Å². The van der Waals surface area contributed by atoms with Crippen molar-refractivity contribution in [3.8, 4) is 0 Å². The number of hydrogen-bond acceptors (Lipinski definition) is 6. The first-order valence-corrected chi connectivity index (χ1v) is 11.7. The van der Waals surface area contributed by atoms with E-state index in [1.165, 1.54) is 44.2 Å².